The molecule has 3 rings (SSSR count). The summed E-state index contributed by atoms with van der Waals surface area (Å²) in [5.74, 6) is 1.97. The van der Waals surface area contributed by atoms with Crippen molar-refractivity contribution in [2.24, 2.45) is 0 Å². The number of hydrogen-bond acceptors (Lipinski definition) is 3. The Hall–Kier alpha value is -1.45. The molecule has 1 atom stereocenters. The summed E-state index contributed by atoms with van der Waals surface area (Å²) in [5, 5.41) is 3.37. The molecule has 2 nitrogen and oxygen atoms in total. The second kappa shape index (κ2) is 7.01. The lowest BCUT2D eigenvalue weighted by Gasteiger charge is -2.11. The Labute approximate surface area is 130 Å². The largest absolute Gasteiger partial charge is 0.493 e. The zero-order valence-corrected chi connectivity index (χ0v) is 13.2. The zero-order chi connectivity index (χ0) is 14.5. The molecule has 0 fully saturated rings. The normalized spacial score (nSPS) is 16.7. The molecule has 21 heavy (non-hydrogen) atoms. The van der Waals surface area contributed by atoms with E-state index in [1.807, 2.05) is 24.9 Å². The van der Waals surface area contributed by atoms with Crippen LogP contribution in [0.3, 0.4) is 0 Å². The first-order chi connectivity index (χ1) is 10.4. The number of ether oxygens (including phenoxy) is 1. The Morgan fingerprint density at radius 1 is 1.19 bits per heavy atom. The van der Waals surface area contributed by atoms with Crippen LogP contribution in [-0.2, 0) is 6.42 Å². The minimum Gasteiger partial charge on any atom is -0.493 e. The predicted octanol–water partition coefficient (Wildman–Crippen LogP) is 4.06. The van der Waals surface area contributed by atoms with E-state index in [0.717, 1.165) is 24.5 Å². The molecule has 1 N–H and O–H groups in total. The van der Waals surface area contributed by atoms with Gasteiger partial charge in [0, 0.05) is 16.7 Å². The van der Waals surface area contributed by atoms with Crippen LogP contribution in [0.4, 0.5) is 0 Å². The van der Waals surface area contributed by atoms with Crippen LogP contribution in [0.2, 0.25) is 0 Å². The van der Waals surface area contributed by atoms with Crippen molar-refractivity contribution >= 4 is 11.8 Å². The predicted molar refractivity (Wildman–Crippen MR) is 89.2 cm³/mol. The molecule has 0 bridgehead atoms. The van der Waals surface area contributed by atoms with E-state index in [0.29, 0.717) is 6.04 Å². The summed E-state index contributed by atoms with van der Waals surface area (Å²) in [6.07, 6.45) is 2.34. The van der Waals surface area contributed by atoms with Crippen molar-refractivity contribution in [2.45, 2.75) is 23.8 Å². The van der Waals surface area contributed by atoms with Gasteiger partial charge in [0.05, 0.1) is 6.61 Å². The second-order valence-electron chi connectivity index (χ2n) is 5.25. The van der Waals surface area contributed by atoms with Crippen molar-refractivity contribution in [1.29, 1.82) is 0 Å². The van der Waals surface area contributed by atoms with E-state index in [1.54, 1.807) is 0 Å². The molecule has 0 heterocycles. The maximum absolute atomic E-state index is 5.88. The lowest BCUT2D eigenvalue weighted by Crippen LogP contribution is -2.12. The van der Waals surface area contributed by atoms with E-state index in [1.165, 1.54) is 22.4 Å². The Morgan fingerprint density at radius 2 is 2.05 bits per heavy atom. The summed E-state index contributed by atoms with van der Waals surface area (Å²) < 4.78 is 5.88. The number of nitrogens with one attached hydrogen (secondary N) is 1. The first kappa shape index (κ1) is 14.5. The van der Waals surface area contributed by atoms with E-state index >= 15 is 0 Å². The molecular formula is C18H21NOS. The average molecular weight is 299 g/mol. The monoisotopic (exact) mass is 299 g/mol. The fourth-order valence-electron chi connectivity index (χ4n) is 2.82. The number of hydrogen-bond donors (Lipinski definition) is 1. The number of fused-ring (bicyclic) bond motifs is 1. The number of thioether (sulfide) groups is 1. The maximum Gasteiger partial charge on any atom is 0.119 e. The summed E-state index contributed by atoms with van der Waals surface area (Å²) in [5.41, 5.74) is 2.87. The molecular weight excluding hydrogens is 278 g/mol. The van der Waals surface area contributed by atoms with Gasteiger partial charge < -0.3 is 10.1 Å². The lowest BCUT2D eigenvalue weighted by atomic mass is 10.1. The average Bonchev–Trinajstić information content (AvgIpc) is 2.95. The molecule has 0 saturated carbocycles. The number of benzene rings is 2. The van der Waals surface area contributed by atoms with Crippen molar-refractivity contribution in [2.75, 3.05) is 19.4 Å². The van der Waals surface area contributed by atoms with Gasteiger partial charge >= 0.3 is 0 Å². The number of rotatable bonds is 6. The third kappa shape index (κ3) is 3.60. The van der Waals surface area contributed by atoms with Gasteiger partial charge in [0.1, 0.15) is 5.75 Å². The van der Waals surface area contributed by atoms with Crippen molar-refractivity contribution in [3.05, 3.63) is 59.7 Å². The van der Waals surface area contributed by atoms with Crippen LogP contribution in [0, 0.1) is 0 Å². The fraction of sp³-hybridized carbons (Fsp3) is 0.333. The second-order valence-corrected chi connectivity index (χ2v) is 6.42. The molecule has 1 unspecified atom stereocenters. The molecule has 0 aromatic heterocycles. The summed E-state index contributed by atoms with van der Waals surface area (Å²) in [6.45, 7) is 0.744. The lowest BCUT2D eigenvalue weighted by molar-refractivity contribution is 0.343. The van der Waals surface area contributed by atoms with E-state index < -0.39 is 0 Å². The Kier molecular flexibility index (Phi) is 4.84. The smallest absolute Gasteiger partial charge is 0.119 e. The van der Waals surface area contributed by atoms with Gasteiger partial charge in [-0.3, -0.25) is 0 Å². The SMILES string of the molecule is CNC1CCc2cc(OCCSc3ccccc3)ccc21. The van der Waals surface area contributed by atoms with Crippen LogP contribution in [0.15, 0.2) is 53.4 Å². The molecule has 110 valence electrons. The van der Waals surface area contributed by atoms with Crippen LogP contribution in [-0.4, -0.2) is 19.4 Å². The van der Waals surface area contributed by atoms with E-state index in [9.17, 15) is 0 Å². The molecule has 0 radical (unpaired) electrons. The van der Waals surface area contributed by atoms with Gasteiger partial charge in [0.2, 0.25) is 0 Å². The molecule has 0 amide bonds. The van der Waals surface area contributed by atoms with Gasteiger partial charge in [-0.1, -0.05) is 24.3 Å². The zero-order valence-electron chi connectivity index (χ0n) is 12.3. The maximum atomic E-state index is 5.88. The highest BCUT2D eigenvalue weighted by atomic mass is 32.2. The molecule has 0 spiro atoms. The first-order valence-electron chi connectivity index (χ1n) is 7.47. The quantitative estimate of drug-likeness (QED) is 0.642. The molecule has 0 aliphatic heterocycles. The standard InChI is InChI=1S/C18H21NOS/c1-19-18-10-7-14-13-15(8-9-17(14)18)20-11-12-21-16-5-3-2-4-6-16/h2-6,8-9,13,18-19H,7,10-12H2,1H3. The number of aryl methyl sites for hydroxylation is 1. The highest BCUT2D eigenvalue weighted by Gasteiger charge is 2.20. The van der Waals surface area contributed by atoms with E-state index in [-0.39, 0.29) is 0 Å². The molecule has 1 aliphatic carbocycles. The van der Waals surface area contributed by atoms with Gasteiger partial charge in [0.15, 0.2) is 0 Å². The van der Waals surface area contributed by atoms with Gasteiger partial charge in [-0.25, -0.2) is 0 Å². The van der Waals surface area contributed by atoms with Crippen molar-refractivity contribution < 1.29 is 4.74 Å². The van der Waals surface area contributed by atoms with Gasteiger partial charge in [-0.15, -0.1) is 11.8 Å². The molecule has 2 aromatic carbocycles. The van der Waals surface area contributed by atoms with Gasteiger partial charge in [-0.2, -0.15) is 0 Å². The first-order valence-corrected chi connectivity index (χ1v) is 8.46. The van der Waals surface area contributed by atoms with E-state index in [4.69, 9.17) is 4.74 Å². The fourth-order valence-corrected chi connectivity index (χ4v) is 3.57. The molecule has 0 saturated heterocycles. The Morgan fingerprint density at radius 3 is 2.86 bits per heavy atom. The van der Waals surface area contributed by atoms with Crippen molar-refractivity contribution in [3.63, 3.8) is 0 Å². The van der Waals surface area contributed by atoms with Crippen LogP contribution in [0.1, 0.15) is 23.6 Å². The Balaban J connectivity index is 1.50. The highest BCUT2D eigenvalue weighted by molar-refractivity contribution is 7.99. The molecule has 3 heteroatoms. The molecule has 2 aromatic rings. The van der Waals surface area contributed by atoms with Gasteiger partial charge in [-0.05, 0) is 55.3 Å². The summed E-state index contributed by atoms with van der Waals surface area (Å²) >= 11 is 1.83. The van der Waals surface area contributed by atoms with Crippen LogP contribution in [0.5, 0.6) is 5.75 Å². The summed E-state index contributed by atoms with van der Waals surface area (Å²) in [6, 6.07) is 17.5. The van der Waals surface area contributed by atoms with Crippen LogP contribution in [0.25, 0.3) is 0 Å². The minimum absolute atomic E-state index is 0.516. The van der Waals surface area contributed by atoms with Crippen LogP contribution >= 0.6 is 11.8 Å². The topological polar surface area (TPSA) is 21.3 Å². The van der Waals surface area contributed by atoms with E-state index in [2.05, 4.69) is 47.8 Å². The van der Waals surface area contributed by atoms with Gasteiger partial charge in [0.25, 0.3) is 0 Å². The summed E-state index contributed by atoms with van der Waals surface area (Å²) in [7, 11) is 2.03. The summed E-state index contributed by atoms with van der Waals surface area (Å²) in [4.78, 5) is 1.30. The third-order valence-corrected chi connectivity index (χ3v) is 4.88. The third-order valence-electron chi connectivity index (χ3n) is 3.90. The highest BCUT2D eigenvalue weighted by Crippen LogP contribution is 2.33. The molecule has 1 aliphatic rings. The van der Waals surface area contributed by atoms with Crippen molar-refractivity contribution in [1.82, 2.24) is 5.32 Å². The van der Waals surface area contributed by atoms with Crippen molar-refractivity contribution in [3.8, 4) is 5.75 Å². The Bertz CT molecular complexity index is 585. The minimum atomic E-state index is 0.516. The van der Waals surface area contributed by atoms with Crippen LogP contribution < -0.4 is 10.1 Å².